The highest BCUT2D eigenvalue weighted by Gasteiger charge is 2.28. The third-order valence-electron chi connectivity index (χ3n) is 5.02. The summed E-state index contributed by atoms with van der Waals surface area (Å²) in [6.07, 6.45) is 7.40. The molecule has 0 unspecified atom stereocenters. The van der Waals surface area contributed by atoms with Crippen LogP contribution in [0.15, 0.2) is 12.4 Å². The maximum atomic E-state index is 6.11. The van der Waals surface area contributed by atoms with Crippen LogP contribution in [0.3, 0.4) is 0 Å². The summed E-state index contributed by atoms with van der Waals surface area (Å²) in [5, 5.41) is 9.46. The summed E-state index contributed by atoms with van der Waals surface area (Å²) < 4.78 is 15.7. The molecule has 0 aliphatic carbocycles. The standard InChI is InChI=1S/C18H26N4O2/c1-12(2)16-17(20-21-7-4-13(3)24-18(16)21)14-10-19-22(11-14)15-5-8-23-9-6-15/h10-13,15H,4-9H2,1-3H3/t13-/m0/s1. The van der Waals surface area contributed by atoms with Crippen LogP contribution < -0.4 is 4.74 Å². The summed E-state index contributed by atoms with van der Waals surface area (Å²) in [6.45, 7) is 9.09. The van der Waals surface area contributed by atoms with Gasteiger partial charge in [0.05, 0.1) is 18.3 Å². The number of ether oxygens (including phenoxy) is 2. The molecule has 1 fully saturated rings. The van der Waals surface area contributed by atoms with Gasteiger partial charge in [-0.15, -0.1) is 0 Å². The van der Waals surface area contributed by atoms with Gasteiger partial charge in [0.25, 0.3) is 0 Å². The SMILES string of the molecule is CC(C)c1c(-c2cnn(C3CCOCC3)c2)nn2c1O[C@@H](C)CC2. The lowest BCUT2D eigenvalue weighted by Gasteiger charge is -2.23. The number of rotatable bonds is 3. The van der Waals surface area contributed by atoms with Crippen molar-refractivity contribution >= 4 is 0 Å². The molecule has 6 heteroatoms. The van der Waals surface area contributed by atoms with Gasteiger partial charge in [-0.1, -0.05) is 13.8 Å². The number of nitrogens with zero attached hydrogens (tertiary/aromatic N) is 4. The Hall–Kier alpha value is -1.82. The minimum absolute atomic E-state index is 0.254. The molecular formula is C18H26N4O2. The van der Waals surface area contributed by atoms with Crippen molar-refractivity contribution in [3.8, 4) is 17.1 Å². The Bertz CT molecular complexity index is 713. The van der Waals surface area contributed by atoms with E-state index in [0.29, 0.717) is 12.0 Å². The molecule has 2 aliphatic heterocycles. The van der Waals surface area contributed by atoms with Crippen LogP contribution in [0.1, 0.15) is 57.6 Å². The van der Waals surface area contributed by atoms with Gasteiger partial charge in [-0.25, -0.2) is 4.68 Å². The van der Waals surface area contributed by atoms with E-state index < -0.39 is 0 Å². The van der Waals surface area contributed by atoms with Crippen molar-refractivity contribution in [3.63, 3.8) is 0 Å². The molecule has 130 valence electrons. The maximum Gasteiger partial charge on any atom is 0.216 e. The van der Waals surface area contributed by atoms with E-state index in [-0.39, 0.29) is 6.10 Å². The van der Waals surface area contributed by atoms with E-state index >= 15 is 0 Å². The second-order valence-corrected chi connectivity index (χ2v) is 7.21. The number of aryl methyl sites for hydroxylation is 1. The minimum Gasteiger partial charge on any atom is -0.475 e. The molecule has 0 amide bonds. The van der Waals surface area contributed by atoms with Crippen molar-refractivity contribution in [2.24, 2.45) is 0 Å². The first-order chi connectivity index (χ1) is 11.6. The Morgan fingerprint density at radius 3 is 2.75 bits per heavy atom. The van der Waals surface area contributed by atoms with Crippen molar-refractivity contribution in [2.45, 2.75) is 64.6 Å². The fraction of sp³-hybridized carbons (Fsp3) is 0.667. The third-order valence-corrected chi connectivity index (χ3v) is 5.02. The molecule has 2 aromatic rings. The van der Waals surface area contributed by atoms with Crippen molar-refractivity contribution in [3.05, 3.63) is 18.0 Å². The fourth-order valence-electron chi connectivity index (χ4n) is 3.63. The monoisotopic (exact) mass is 330 g/mol. The Morgan fingerprint density at radius 1 is 1.21 bits per heavy atom. The fourth-order valence-corrected chi connectivity index (χ4v) is 3.63. The van der Waals surface area contributed by atoms with Crippen LogP contribution in [0, 0.1) is 0 Å². The lowest BCUT2D eigenvalue weighted by atomic mass is 10.0. The van der Waals surface area contributed by atoms with E-state index in [2.05, 4.69) is 36.7 Å². The number of aromatic nitrogens is 4. The van der Waals surface area contributed by atoms with Gasteiger partial charge in [-0.2, -0.15) is 10.2 Å². The van der Waals surface area contributed by atoms with Gasteiger partial charge in [0, 0.05) is 43.5 Å². The van der Waals surface area contributed by atoms with Crippen LogP contribution in [0.2, 0.25) is 0 Å². The molecule has 4 rings (SSSR count). The predicted octanol–water partition coefficient (Wildman–Crippen LogP) is 3.39. The Morgan fingerprint density at radius 2 is 2.00 bits per heavy atom. The van der Waals surface area contributed by atoms with Crippen molar-refractivity contribution in [2.75, 3.05) is 13.2 Å². The quantitative estimate of drug-likeness (QED) is 0.865. The molecule has 0 N–H and O–H groups in total. The first kappa shape index (κ1) is 15.7. The van der Waals surface area contributed by atoms with Crippen LogP contribution in [0.5, 0.6) is 5.88 Å². The molecule has 1 atom stereocenters. The highest BCUT2D eigenvalue weighted by Crippen LogP contribution is 2.38. The van der Waals surface area contributed by atoms with Crippen LogP contribution in [-0.2, 0) is 11.3 Å². The Kier molecular flexibility index (Phi) is 4.08. The van der Waals surface area contributed by atoms with E-state index in [4.69, 9.17) is 14.6 Å². The van der Waals surface area contributed by atoms with Gasteiger partial charge in [0.1, 0.15) is 5.69 Å². The minimum atomic E-state index is 0.254. The van der Waals surface area contributed by atoms with Crippen LogP contribution in [0.25, 0.3) is 11.3 Å². The summed E-state index contributed by atoms with van der Waals surface area (Å²) >= 11 is 0. The lowest BCUT2D eigenvalue weighted by molar-refractivity contribution is 0.0662. The van der Waals surface area contributed by atoms with E-state index in [0.717, 1.165) is 56.2 Å². The normalized spacial score (nSPS) is 21.8. The Labute approximate surface area is 142 Å². The summed E-state index contributed by atoms with van der Waals surface area (Å²) in [6, 6.07) is 0.434. The first-order valence-electron chi connectivity index (χ1n) is 9.03. The van der Waals surface area contributed by atoms with Crippen LogP contribution in [0.4, 0.5) is 0 Å². The molecule has 2 aromatic heterocycles. The number of hydrogen-bond acceptors (Lipinski definition) is 4. The van der Waals surface area contributed by atoms with Crippen LogP contribution in [-0.4, -0.2) is 38.9 Å². The smallest absolute Gasteiger partial charge is 0.216 e. The summed E-state index contributed by atoms with van der Waals surface area (Å²) in [4.78, 5) is 0. The van der Waals surface area contributed by atoms with E-state index in [9.17, 15) is 0 Å². The zero-order valence-corrected chi connectivity index (χ0v) is 14.7. The molecule has 0 radical (unpaired) electrons. The molecule has 6 nitrogen and oxygen atoms in total. The largest absolute Gasteiger partial charge is 0.475 e. The van der Waals surface area contributed by atoms with Gasteiger partial charge in [-0.05, 0) is 25.7 Å². The van der Waals surface area contributed by atoms with E-state index in [1.165, 1.54) is 5.56 Å². The van der Waals surface area contributed by atoms with Gasteiger partial charge >= 0.3 is 0 Å². The maximum absolute atomic E-state index is 6.11. The lowest BCUT2D eigenvalue weighted by Crippen LogP contribution is -2.23. The van der Waals surface area contributed by atoms with Crippen molar-refractivity contribution < 1.29 is 9.47 Å². The summed E-state index contributed by atoms with van der Waals surface area (Å²) in [5.41, 5.74) is 3.31. The number of hydrogen-bond donors (Lipinski definition) is 0. The van der Waals surface area contributed by atoms with Gasteiger partial charge in [0.2, 0.25) is 5.88 Å². The molecule has 24 heavy (non-hydrogen) atoms. The average Bonchev–Trinajstić information content (AvgIpc) is 3.19. The third kappa shape index (κ3) is 2.73. The molecular weight excluding hydrogens is 304 g/mol. The molecule has 0 bridgehead atoms. The first-order valence-corrected chi connectivity index (χ1v) is 9.03. The molecule has 0 spiro atoms. The van der Waals surface area contributed by atoms with Crippen molar-refractivity contribution in [1.82, 2.24) is 19.6 Å². The molecule has 0 saturated carbocycles. The zero-order valence-electron chi connectivity index (χ0n) is 14.7. The van der Waals surface area contributed by atoms with E-state index in [1.807, 2.05) is 10.9 Å². The second kappa shape index (κ2) is 6.24. The molecule has 2 aliphatic rings. The van der Waals surface area contributed by atoms with Crippen molar-refractivity contribution in [1.29, 1.82) is 0 Å². The average molecular weight is 330 g/mol. The zero-order chi connectivity index (χ0) is 16.7. The van der Waals surface area contributed by atoms with Gasteiger partial charge in [0.15, 0.2) is 0 Å². The number of fused-ring (bicyclic) bond motifs is 1. The summed E-state index contributed by atoms with van der Waals surface area (Å²) in [5.74, 6) is 1.30. The van der Waals surface area contributed by atoms with Crippen LogP contribution >= 0.6 is 0 Å². The summed E-state index contributed by atoms with van der Waals surface area (Å²) in [7, 11) is 0. The predicted molar refractivity (Wildman–Crippen MR) is 91.3 cm³/mol. The van der Waals surface area contributed by atoms with E-state index in [1.54, 1.807) is 0 Å². The topological polar surface area (TPSA) is 54.1 Å². The molecule has 0 aromatic carbocycles. The highest BCUT2D eigenvalue weighted by molar-refractivity contribution is 5.65. The van der Waals surface area contributed by atoms with Gasteiger partial charge < -0.3 is 9.47 Å². The molecule has 4 heterocycles. The van der Waals surface area contributed by atoms with Gasteiger partial charge in [-0.3, -0.25) is 4.68 Å². The molecule has 1 saturated heterocycles. The second-order valence-electron chi connectivity index (χ2n) is 7.21. The Balaban J connectivity index is 1.70. The highest BCUT2D eigenvalue weighted by atomic mass is 16.5.